The fraction of sp³-hybridized carbons (Fsp3) is 0.0556. The summed E-state index contributed by atoms with van der Waals surface area (Å²) in [5.74, 6) is 0.345. The summed E-state index contributed by atoms with van der Waals surface area (Å²) >= 11 is 0. The number of hydrogen-bond donors (Lipinski definition) is 4. The molecule has 0 unspecified atom stereocenters. The Balaban J connectivity index is 2.09. The lowest BCUT2D eigenvalue weighted by Crippen LogP contribution is -2.17. The first-order chi connectivity index (χ1) is 11.6. The Labute approximate surface area is 140 Å². The number of nitrogens with zero attached hydrogens (tertiary/aromatic N) is 2. The summed E-state index contributed by atoms with van der Waals surface area (Å²) in [6, 6.07) is 13.3. The van der Waals surface area contributed by atoms with Crippen LogP contribution in [0.2, 0.25) is 0 Å². The molecule has 0 atom stereocenters. The number of rotatable bonds is 4. The third kappa shape index (κ3) is 2.89. The number of anilines is 3. The zero-order chi connectivity index (χ0) is 17.1. The minimum Gasteiger partial charge on any atom is -0.395 e. The van der Waals surface area contributed by atoms with Crippen molar-refractivity contribution in [3.63, 3.8) is 0 Å². The number of nitrogens with one attached hydrogen (secondary N) is 2. The van der Waals surface area contributed by atoms with Crippen LogP contribution in [0.4, 0.5) is 17.2 Å². The molecule has 6 heteroatoms. The van der Waals surface area contributed by atoms with Gasteiger partial charge in [0.25, 0.3) is 0 Å². The van der Waals surface area contributed by atoms with Gasteiger partial charge in [-0.1, -0.05) is 24.3 Å². The molecular weight excluding hydrogens is 300 g/mol. The van der Waals surface area contributed by atoms with Gasteiger partial charge in [-0.05, 0) is 30.7 Å². The molecule has 0 amide bonds. The molecule has 3 rings (SSSR count). The molecule has 0 radical (unpaired) electrons. The minimum atomic E-state index is -0.122. The van der Waals surface area contributed by atoms with Gasteiger partial charge in [-0.2, -0.15) is 0 Å². The van der Waals surface area contributed by atoms with Gasteiger partial charge in [-0.15, -0.1) is 0 Å². The first kappa shape index (κ1) is 15.5. The molecule has 2 aromatic heterocycles. The van der Waals surface area contributed by atoms with Crippen molar-refractivity contribution < 1.29 is 0 Å². The predicted molar refractivity (Wildman–Crippen MR) is 97.4 cm³/mol. The van der Waals surface area contributed by atoms with Crippen molar-refractivity contribution in [3.8, 4) is 11.3 Å². The molecule has 120 valence electrons. The average molecular weight is 318 g/mol. The van der Waals surface area contributed by atoms with Crippen LogP contribution in [0.3, 0.4) is 0 Å². The molecule has 24 heavy (non-hydrogen) atoms. The average Bonchev–Trinajstić information content (AvgIpc) is 2.58. The van der Waals surface area contributed by atoms with E-state index in [1.165, 1.54) is 0 Å². The molecule has 0 bridgehead atoms. The van der Waals surface area contributed by atoms with E-state index in [2.05, 4.69) is 15.3 Å². The number of aromatic nitrogens is 2. The maximum atomic E-state index is 7.90. The number of benzene rings is 1. The first-order valence-corrected chi connectivity index (χ1v) is 7.45. The third-order valence-corrected chi connectivity index (χ3v) is 3.72. The van der Waals surface area contributed by atoms with E-state index in [1.807, 2.05) is 49.4 Å². The second kappa shape index (κ2) is 6.37. The molecule has 0 saturated heterocycles. The summed E-state index contributed by atoms with van der Waals surface area (Å²) in [4.78, 5) is 8.70. The molecule has 6 nitrogen and oxygen atoms in total. The van der Waals surface area contributed by atoms with Gasteiger partial charge in [0.1, 0.15) is 5.84 Å². The topological polar surface area (TPSA) is 114 Å². The number of hydrogen-bond acceptors (Lipinski definition) is 5. The zero-order valence-corrected chi connectivity index (χ0v) is 13.2. The van der Waals surface area contributed by atoms with Crippen LogP contribution in [-0.4, -0.2) is 15.8 Å². The van der Waals surface area contributed by atoms with Crippen molar-refractivity contribution in [1.29, 1.82) is 5.41 Å². The van der Waals surface area contributed by atoms with E-state index in [0.29, 0.717) is 28.3 Å². The number of para-hydroxylation sites is 1. The van der Waals surface area contributed by atoms with Crippen LogP contribution >= 0.6 is 0 Å². The van der Waals surface area contributed by atoms with Crippen molar-refractivity contribution in [2.24, 2.45) is 5.73 Å². The van der Waals surface area contributed by atoms with Crippen LogP contribution in [0.5, 0.6) is 0 Å². The maximum absolute atomic E-state index is 7.90. The normalized spacial score (nSPS) is 10.4. The molecule has 6 N–H and O–H groups in total. The molecule has 0 spiro atoms. The van der Waals surface area contributed by atoms with Gasteiger partial charge in [0, 0.05) is 23.6 Å². The molecule has 0 aliphatic heterocycles. The fourth-order valence-corrected chi connectivity index (χ4v) is 2.47. The van der Waals surface area contributed by atoms with Crippen molar-refractivity contribution in [1.82, 2.24) is 9.97 Å². The van der Waals surface area contributed by atoms with E-state index in [1.54, 1.807) is 12.4 Å². The van der Waals surface area contributed by atoms with Crippen LogP contribution in [0.15, 0.2) is 54.9 Å². The van der Waals surface area contributed by atoms with Gasteiger partial charge in [-0.25, -0.2) is 4.98 Å². The lowest BCUT2D eigenvalue weighted by molar-refractivity contribution is 1.25. The lowest BCUT2D eigenvalue weighted by atomic mass is 10.0. The standard InChI is InChI=1S/C18H18N6/c1-11-6-2-3-7-13(11)24-18-16(19)15(17(20)21)12(10-23-18)14-8-4-5-9-22-14/h2-10H,19H2,1H3,(H3,20,21)(H,23,24). The van der Waals surface area contributed by atoms with E-state index >= 15 is 0 Å². The van der Waals surface area contributed by atoms with Crippen molar-refractivity contribution in [3.05, 3.63) is 66.0 Å². The molecule has 3 aromatic rings. The molecule has 0 fully saturated rings. The monoisotopic (exact) mass is 318 g/mol. The second-order valence-corrected chi connectivity index (χ2v) is 5.38. The zero-order valence-electron chi connectivity index (χ0n) is 13.2. The van der Waals surface area contributed by atoms with Crippen molar-refractivity contribution >= 4 is 23.0 Å². The maximum Gasteiger partial charge on any atom is 0.154 e. The Morgan fingerprint density at radius 3 is 2.50 bits per heavy atom. The highest BCUT2D eigenvalue weighted by molar-refractivity contribution is 6.07. The summed E-state index contributed by atoms with van der Waals surface area (Å²) in [5, 5.41) is 11.1. The van der Waals surface area contributed by atoms with E-state index in [-0.39, 0.29) is 5.84 Å². The summed E-state index contributed by atoms with van der Waals surface area (Å²) in [7, 11) is 0. The fourth-order valence-electron chi connectivity index (χ4n) is 2.47. The van der Waals surface area contributed by atoms with E-state index in [0.717, 1.165) is 11.3 Å². The first-order valence-electron chi connectivity index (χ1n) is 7.45. The molecule has 0 saturated carbocycles. The third-order valence-electron chi connectivity index (χ3n) is 3.72. The van der Waals surface area contributed by atoms with Gasteiger partial charge in [0.05, 0.1) is 16.9 Å². The summed E-state index contributed by atoms with van der Waals surface area (Å²) in [6.45, 7) is 1.99. The largest absolute Gasteiger partial charge is 0.395 e. The highest BCUT2D eigenvalue weighted by Crippen LogP contribution is 2.31. The SMILES string of the molecule is Cc1ccccc1Nc1ncc(-c2ccccn2)c(C(=N)N)c1N. The molecule has 0 aliphatic rings. The molecular formula is C18H18N6. The van der Waals surface area contributed by atoms with Crippen LogP contribution in [-0.2, 0) is 0 Å². The predicted octanol–water partition coefficient (Wildman–Crippen LogP) is 3.06. The lowest BCUT2D eigenvalue weighted by Gasteiger charge is -2.16. The molecule has 0 aliphatic carbocycles. The Bertz CT molecular complexity index is 889. The van der Waals surface area contributed by atoms with Crippen molar-refractivity contribution in [2.45, 2.75) is 6.92 Å². The Morgan fingerprint density at radius 2 is 1.83 bits per heavy atom. The van der Waals surface area contributed by atoms with E-state index in [9.17, 15) is 0 Å². The highest BCUT2D eigenvalue weighted by Gasteiger charge is 2.17. The number of nitrogens with two attached hydrogens (primary N) is 2. The Morgan fingerprint density at radius 1 is 1.08 bits per heavy atom. The number of aryl methyl sites for hydroxylation is 1. The van der Waals surface area contributed by atoms with Gasteiger partial charge < -0.3 is 16.8 Å². The molecule has 1 aromatic carbocycles. The van der Waals surface area contributed by atoms with Crippen LogP contribution < -0.4 is 16.8 Å². The minimum absolute atomic E-state index is 0.122. The van der Waals surface area contributed by atoms with Gasteiger partial charge in [0.15, 0.2) is 5.82 Å². The number of amidine groups is 1. The second-order valence-electron chi connectivity index (χ2n) is 5.38. The Kier molecular flexibility index (Phi) is 4.11. The van der Waals surface area contributed by atoms with E-state index in [4.69, 9.17) is 16.9 Å². The number of pyridine rings is 2. The van der Waals surface area contributed by atoms with Crippen LogP contribution in [0.1, 0.15) is 11.1 Å². The Hall–Kier alpha value is -3.41. The number of nitrogen functional groups attached to an aromatic ring is 2. The summed E-state index contributed by atoms with van der Waals surface area (Å²) < 4.78 is 0. The van der Waals surface area contributed by atoms with Crippen LogP contribution in [0.25, 0.3) is 11.3 Å². The van der Waals surface area contributed by atoms with Gasteiger partial charge in [-0.3, -0.25) is 10.4 Å². The quantitative estimate of drug-likeness (QED) is 0.436. The summed E-state index contributed by atoms with van der Waals surface area (Å²) in [5.41, 5.74) is 16.0. The summed E-state index contributed by atoms with van der Waals surface area (Å²) in [6.07, 6.45) is 3.31. The van der Waals surface area contributed by atoms with Crippen molar-refractivity contribution in [2.75, 3.05) is 11.1 Å². The highest BCUT2D eigenvalue weighted by atomic mass is 15.0. The smallest absolute Gasteiger partial charge is 0.154 e. The van der Waals surface area contributed by atoms with Gasteiger partial charge in [0.2, 0.25) is 0 Å². The van der Waals surface area contributed by atoms with Crippen LogP contribution in [0, 0.1) is 12.3 Å². The van der Waals surface area contributed by atoms with Gasteiger partial charge >= 0.3 is 0 Å². The molecule has 2 heterocycles. The van der Waals surface area contributed by atoms with E-state index < -0.39 is 0 Å².